The number of carbonyl (C=O) groups is 2. The molecule has 0 aromatic heterocycles. The molecule has 0 radical (unpaired) electrons. The highest BCUT2D eigenvalue weighted by molar-refractivity contribution is 5.86. The molecule has 2 atom stereocenters. The van der Waals surface area contributed by atoms with Crippen molar-refractivity contribution in [3.8, 4) is 0 Å². The minimum atomic E-state index is -0.856. The first kappa shape index (κ1) is 13.6. The molecule has 0 saturated heterocycles. The molecule has 19 heavy (non-hydrogen) atoms. The van der Waals surface area contributed by atoms with Crippen molar-refractivity contribution >= 4 is 11.9 Å². The summed E-state index contributed by atoms with van der Waals surface area (Å²) in [5.41, 5.74) is 2.39. The van der Waals surface area contributed by atoms with Crippen molar-refractivity contribution in [1.82, 2.24) is 5.32 Å². The van der Waals surface area contributed by atoms with E-state index in [0.29, 0.717) is 19.4 Å². The molecule has 1 saturated carbocycles. The van der Waals surface area contributed by atoms with Gasteiger partial charge in [0.05, 0.1) is 11.8 Å². The van der Waals surface area contributed by atoms with Gasteiger partial charge in [-0.1, -0.05) is 29.8 Å². The maximum absolute atomic E-state index is 11.8. The van der Waals surface area contributed by atoms with E-state index in [0.717, 1.165) is 6.42 Å². The molecule has 1 aromatic carbocycles. The fourth-order valence-electron chi connectivity index (χ4n) is 2.44. The first-order chi connectivity index (χ1) is 9.08. The van der Waals surface area contributed by atoms with E-state index in [9.17, 15) is 9.59 Å². The first-order valence-electron chi connectivity index (χ1n) is 6.64. The molecule has 1 aromatic rings. The van der Waals surface area contributed by atoms with Crippen molar-refractivity contribution in [2.45, 2.75) is 26.2 Å². The standard InChI is InChI=1S/C15H19NO3/c1-10-3-2-4-11(9-10)7-8-16-14(17)12-5-6-13(12)15(18)19/h2-4,9,12-13H,5-8H2,1H3,(H,16,17)(H,18,19). The Morgan fingerprint density at radius 3 is 2.63 bits per heavy atom. The van der Waals surface area contributed by atoms with Crippen LogP contribution in [0, 0.1) is 18.8 Å². The monoisotopic (exact) mass is 261 g/mol. The molecule has 0 heterocycles. The van der Waals surface area contributed by atoms with Crippen molar-refractivity contribution in [2.75, 3.05) is 6.54 Å². The summed E-state index contributed by atoms with van der Waals surface area (Å²) in [4.78, 5) is 22.7. The van der Waals surface area contributed by atoms with Gasteiger partial charge in [0.25, 0.3) is 0 Å². The number of carboxylic acid groups (broad SMARTS) is 1. The topological polar surface area (TPSA) is 66.4 Å². The predicted octanol–water partition coefficient (Wildman–Crippen LogP) is 1.76. The zero-order chi connectivity index (χ0) is 13.8. The number of carboxylic acids is 1. The number of hydrogen-bond acceptors (Lipinski definition) is 2. The van der Waals surface area contributed by atoms with E-state index in [4.69, 9.17) is 5.11 Å². The van der Waals surface area contributed by atoms with Gasteiger partial charge < -0.3 is 10.4 Å². The minimum Gasteiger partial charge on any atom is -0.481 e. The highest BCUT2D eigenvalue weighted by atomic mass is 16.4. The number of hydrogen-bond donors (Lipinski definition) is 2. The zero-order valence-electron chi connectivity index (χ0n) is 11.1. The van der Waals surface area contributed by atoms with Gasteiger partial charge in [-0.15, -0.1) is 0 Å². The van der Waals surface area contributed by atoms with E-state index in [2.05, 4.69) is 11.4 Å². The molecule has 2 N–H and O–H groups in total. The fourth-order valence-corrected chi connectivity index (χ4v) is 2.44. The Morgan fingerprint density at radius 2 is 2.05 bits per heavy atom. The number of rotatable bonds is 5. The third kappa shape index (κ3) is 3.34. The Hall–Kier alpha value is -1.84. The maximum atomic E-state index is 11.8. The van der Waals surface area contributed by atoms with E-state index in [1.54, 1.807) is 0 Å². The summed E-state index contributed by atoms with van der Waals surface area (Å²) in [5, 5.41) is 11.7. The summed E-state index contributed by atoms with van der Waals surface area (Å²) >= 11 is 0. The smallest absolute Gasteiger partial charge is 0.307 e. The summed E-state index contributed by atoms with van der Waals surface area (Å²) in [5.74, 6) is -1.80. The third-order valence-electron chi connectivity index (χ3n) is 3.72. The SMILES string of the molecule is Cc1cccc(CCNC(=O)C2CCC2C(=O)O)c1. The molecular weight excluding hydrogens is 242 g/mol. The molecule has 0 bridgehead atoms. The van der Waals surface area contributed by atoms with Crippen LogP contribution < -0.4 is 5.32 Å². The summed E-state index contributed by atoms with van der Waals surface area (Å²) in [6, 6.07) is 8.16. The van der Waals surface area contributed by atoms with Crippen LogP contribution in [0.2, 0.25) is 0 Å². The van der Waals surface area contributed by atoms with Crippen molar-refractivity contribution in [2.24, 2.45) is 11.8 Å². The van der Waals surface area contributed by atoms with Crippen molar-refractivity contribution in [3.63, 3.8) is 0 Å². The number of amides is 1. The Balaban J connectivity index is 1.77. The predicted molar refractivity (Wildman–Crippen MR) is 71.7 cm³/mol. The largest absolute Gasteiger partial charge is 0.481 e. The Morgan fingerprint density at radius 1 is 1.32 bits per heavy atom. The zero-order valence-corrected chi connectivity index (χ0v) is 11.1. The molecule has 0 aliphatic heterocycles. The second kappa shape index (κ2) is 5.87. The lowest BCUT2D eigenvalue weighted by molar-refractivity contribution is -0.152. The molecule has 1 aliphatic carbocycles. The van der Waals surface area contributed by atoms with Crippen LogP contribution in [-0.4, -0.2) is 23.5 Å². The number of benzene rings is 1. The van der Waals surface area contributed by atoms with E-state index >= 15 is 0 Å². The lowest BCUT2D eigenvalue weighted by Gasteiger charge is -2.31. The number of aryl methyl sites for hydroxylation is 1. The van der Waals surface area contributed by atoms with Crippen LogP contribution in [0.4, 0.5) is 0 Å². The van der Waals surface area contributed by atoms with Gasteiger partial charge in [-0.2, -0.15) is 0 Å². The van der Waals surface area contributed by atoms with Gasteiger partial charge in [0, 0.05) is 6.54 Å². The average molecular weight is 261 g/mol. The van der Waals surface area contributed by atoms with Gasteiger partial charge in [-0.3, -0.25) is 9.59 Å². The van der Waals surface area contributed by atoms with Crippen LogP contribution in [-0.2, 0) is 16.0 Å². The van der Waals surface area contributed by atoms with Crippen LogP contribution in [0.5, 0.6) is 0 Å². The average Bonchev–Trinajstić information content (AvgIpc) is 2.26. The van der Waals surface area contributed by atoms with Crippen LogP contribution in [0.15, 0.2) is 24.3 Å². The van der Waals surface area contributed by atoms with Gasteiger partial charge >= 0.3 is 5.97 Å². The Labute approximate surface area is 112 Å². The summed E-state index contributed by atoms with van der Waals surface area (Å²) < 4.78 is 0. The summed E-state index contributed by atoms with van der Waals surface area (Å²) in [7, 11) is 0. The number of aliphatic carboxylic acids is 1. The van der Waals surface area contributed by atoms with E-state index in [-0.39, 0.29) is 11.8 Å². The normalized spacial score (nSPS) is 21.5. The highest BCUT2D eigenvalue weighted by Gasteiger charge is 2.41. The second-order valence-corrected chi connectivity index (χ2v) is 5.16. The van der Waals surface area contributed by atoms with Crippen molar-refractivity contribution < 1.29 is 14.7 Å². The maximum Gasteiger partial charge on any atom is 0.307 e. The fraction of sp³-hybridized carbons (Fsp3) is 0.467. The minimum absolute atomic E-state index is 0.119. The molecule has 2 rings (SSSR count). The lowest BCUT2D eigenvalue weighted by atomic mass is 9.73. The van der Waals surface area contributed by atoms with Gasteiger partial charge in [0.1, 0.15) is 0 Å². The molecule has 1 fully saturated rings. The highest BCUT2D eigenvalue weighted by Crippen LogP contribution is 2.34. The quantitative estimate of drug-likeness (QED) is 0.848. The van der Waals surface area contributed by atoms with Gasteiger partial charge in [0.15, 0.2) is 0 Å². The molecule has 4 heteroatoms. The van der Waals surface area contributed by atoms with E-state index in [1.807, 2.05) is 25.1 Å². The van der Waals surface area contributed by atoms with Crippen LogP contribution in [0.3, 0.4) is 0 Å². The van der Waals surface area contributed by atoms with E-state index in [1.165, 1.54) is 11.1 Å². The second-order valence-electron chi connectivity index (χ2n) is 5.16. The van der Waals surface area contributed by atoms with Crippen LogP contribution >= 0.6 is 0 Å². The van der Waals surface area contributed by atoms with Gasteiger partial charge in [-0.25, -0.2) is 0 Å². The summed E-state index contributed by atoms with van der Waals surface area (Å²) in [6.07, 6.45) is 2.08. The number of carbonyl (C=O) groups excluding carboxylic acids is 1. The van der Waals surface area contributed by atoms with Crippen molar-refractivity contribution in [1.29, 1.82) is 0 Å². The lowest BCUT2D eigenvalue weighted by Crippen LogP contribution is -2.44. The van der Waals surface area contributed by atoms with Crippen molar-refractivity contribution in [3.05, 3.63) is 35.4 Å². The molecule has 0 spiro atoms. The molecule has 4 nitrogen and oxygen atoms in total. The third-order valence-corrected chi connectivity index (χ3v) is 3.72. The number of nitrogens with one attached hydrogen (secondary N) is 1. The molecule has 1 amide bonds. The first-order valence-corrected chi connectivity index (χ1v) is 6.64. The summed E-state index contributed by atoms with van der Waals surface area (Å²) in [6.45, 7) is 2.60. The molecule has 102 valence electrons. The Kier molecular flexibility index (Phi) is 4.20. The van der Waals surface area contributed by atoms with Crippen LogP contribution in [0.25, 0.3) is 0 Å². The molecule has 1 aliphatic rings. The van der Waals surface area contributed by atoms with Gasteiger partial charge in [0.2, 0.25) is 5.91 Å². The Bertz CT molecular complexity index is 484. The van der Waals surface area contributed by atoms with Crippen LogP contribution in [0.1, 0.15) is 24.0 Å². The molecular formula is C15H19NO3. The molecule has 2 unspecified atom stereocenters. The van der Waals surface area contributed by atoms with Gasteiger partial charge in [-0.05, 0) is 31.7 Å². The van der Waals surface area contributed by atoms with E-state index < -0.39 is 11.9 Å².